The molecule has 0 spiro atoms. The second-order valence-corrected chi connectivity index (χ2v) is 5.38. The molecule has 0 saturated carbocycles. The molecule has 2 unspecified atom stereocenters. The number of aliphatic hydroxyl groups is 1. The zero-order chi connectivity index (χ0) is 15.0. The van der Waals surface area contributed by atoms with Crippen LogP contribution in [0.2, 0.25) is 0 Å². The van der Waals surface area contributed by atoms with Gasteiger partial charge in [-0.1, -0.05) is 0 Å². The first-order valence-electron chi connectivity index (χ1n) is 7.22. The summed E-state index contributed by atoms with van der Waals surface area (Å²) >= 11 is 0. The van der Waals surface area contributed by atoms with Gasteiger partial charge >= 0.3 is 0 Å². The van der Waals surface area contributed by atoms with Crippen LogP contribution in [0.5, 0.6) is 11.5 Å². The average Bonchev–Trinajstić information content (AvgIpc) is 3.02. The molecule has 0 saturated heterocycles. The van der Waals surface area contributed by atoms with Gasteiger partial charge in [0.05, 0.1) is 12.3 Å². The van der Waals surface area contributed by atoms with E-state index >= 15 is 0 Å². The van der Waals surface area contributed by atoms with Crippen molar-refractivity contribution in [3.8, 4) is 11.5 Å². The third-order valence-electron chi connectivity index (χ3n) is 3.64. The number of fused-ring (bicyclic) bond motifs is 1. The molecule has 21 heavy (non-hydrogen) atoms. The first-order valence-corrected chi connectivity index (χ1v) is 7.22. The van der Waals surface area contributed by atoms with Gasteiger partial charge in [-0.25, -0.2) is 0 Å². The Morgan fingerprint density at radius 3 is 3.00 bits per heavy atom. The minimum Gasteiger partial charge on any atom is -0.493 e. The summed E-state index contributed by atoms with van der Waals surface area (Å²) in [5, 5.41) is 14.9. The van der Waals surface area contributed by atoms with Crippen LogP contribution >= 0.6 is 0 Å². The highest BCUT2D eigenvalue weighted by Crippen LogP contribution is 2.39. The Labute approximate surface area is 124 Å². The highest BCUT2D eigenvalue weighted by atomic mass is 16.5. The van der Waals surface area contributed by atoms with E-state index < -0.39 is 6.10 Å². The average molecular weight is 288 g/mol. The van der Waals surface area contributed by atoms with E-state index in [0.717, 1.165) is 17.7 Å². The molecule has 1 aromatic carbocycles. The van der Waals surface area contributed by atoms with Crippen LogP contribution in [0.3, 0.4) is 0 Å². The number of aliphatic hydroxyl groups excluding tert-OH is 1. The summed E-state index contributed by atoms with van der Waals surface area (Å²) in [6.07, 6.45) is 2.02. The Morgan fingerprint density at radius 1 is 1.52 bits per heavy atom. The Hall–Kier alpha value is -2.01. The van der Waals surface area contributed by atoms with Crippen molar-refractivity contribution in [3.63, 3.8) is 0 Å². The number of aryl methyl sites for hydroxylation is 1. The molecule has 5 heteroatoms. The maximum absolute atomic E-state index is 10.6. The molecule has 0 fully saturated rings. The monoisotopic (exact) mass is 288 g/mol. The van der Waals surface area contributed by atoms with Crippen molar-refractivity contribution in [2.45, 2.75) is 32.5 Å². The molecule has 1 aromatic heterocycles. The Bertz CT molecular complexity index is 651. The first kappa shape index (κ1) is 13.9. The van der Waals surface area contributed by atoms with E-state index in [9.17, 15) is 5.11 Å². The molecule has 0 aliphatic carbocycles. The van der Waals surface area contributed by atoms with Crippen LogP contribution in [0.4, 0.5) is 0 Å². The van der Waals surface area contributed by atoms with Gasteiger partial charge in [0.25, 0.3) is 0 Å². The molecule has 1 aliphatic heterocycles. The van der Waals surface area contributed by atoms with Crippen molar-refractivity contribution in [1.29, 1.82) is 0 Å². The summed E-state index contributed by atoms with van der Waals surface area (Å²) in [5.74, 6) is 1.53. The van der Waals surface area contributed by atoms with Gasteiger partial charge in [-0.05, 0) is 32.0 Å². The summed E-state index contributed by atoms with van der Waals surface area (Å²) < 4.78 is 13.1. The van der Waals surface area contributed by atoms with Crippen molar-refractivity contribution in [2.75, 3.05) is 6.61 Å². The molecule has 112 valence electrons. The van der Waals surface area contributed by atoms with Crippen molar-refractivity contribution >= 4 is 0 Å². The summed E-state index contributed by atoms with van der Waals surface area (Å²) in [6, 6.07) is 5.66. The minimum atomic E-state index is -0.822. The maximum Gasteiger partial charge on any atom is 0.126 e. The van der Waals surface area contributed by atoms with Crippen molar-refractivity contribution in [2.24, 2.45) is 7.05 Å². The summed E-state index contributed by atoms with van der Waals surface area (Å²) in [6.45, 7) is 4.52. The second-order valence-electron chi connectivity index (χ2n) is 5.38. The molecular weight excluding hydrogens is 268 g/mol. The van der Waals surface area contributed by atoms with Gasteiger partial charge in [0.15, 0.2) is 0 Å². The largest absolute Gasteiger partial charge is 0.493 e. The van der Waals surface area contributed by atoms with Crippen LogP contribution in [0.1, 0.15) is 36.8 Å². The summed E-state index contributed by atoms with van der Waals surface area (Å²) in [5.41, 5.74) is 2.43. The number of nitrogens with zero attached hydrogens (tertiary/aromatic N) is 2. The molecule has 0 amide bonds. The standard InChI is InChI=1S/C16H20N2O3/c1-4-20-15-8-11-7-10(2)21-14(11)9-12(15)16(19)13-5-6-18(3)17-13/h5-6,8-10,16,19H,4,7H2,1-3H3. The van der Waals surface area contributed by atoms with Crippen LogP contribution in [0.25, 0.3) is 0 Å². The smallest absolute Gasteiger partial charge is 0.126 e. The molecule has 0 bridgehead atoms. The second kappa shape index (κ2) is 5.41. The molecule has 2 atom stereocenters. The van der Waals surface area contributed by atoms with E-state index in [0.29, 0.717) is 23.6 Å². The lowest BCUT2D eigenvalue weighted by atomic mass is 10.0. The lowest BCUT2D eigenvalue weighted by Gasteiger charge is -2.16. The number of hydrogen-bond acceptors (Lipinski definition) is 4. The summed E-state index contributed by atoms with van der Waals surface area (Å²) in [7, 11) is 1.83. The SMILES string of the molecule is CCOc1cc2c(cc1C(O)c1ccn(C)n1)OC(C)C2. The summed E-state index contributed by atoms with van der Waals surface area (Å²) in [4.78, 5) is 0. The fourth-order valence-corrected chi connectivity index (χ4v) is 2.69. The topological polar surface area (TPSA) is 56.5 Å². The highest BCUT2D eigenvalue weighted by molar-refractivity contribution is 5.50. The zero-order valence-electron chi connectivity index (χ0n) is 12.5. The lowest BCUT2D eigenvalue weighted by molar-refractivity contribution is 0.205. The van der Waals surface area contributed by atoms with Gasteiger partial charge in [0, 0.05) is 30.8 Å². The molecular formula is C16H20N2O3. The molecule has 2 heterocycles. The van der Waals surface area contributed by atoms with E-state index in [1.54, 1.807) is 10.7 Å². The third kappa shape index (κ3) is 2.61. The van der Waals surface area contributed by atoms with Crippen LogP contribution in [0, 0.1) is 0 Å². The van der Waals surface area contributed by atoms with Crippen LogP contribution < -0.4 is 9.47 Å². The van der Waals surface area contributed by atoms with E-state index in [2.05, 4.69) is 5.10 Å². The van der Waals surface area contributed by atoms with E-state index in [-0.39, 0.29) is 6.10 Å². The van der Waals surface area contributed by atoms with Crippen LogP contribution in [-0.2, 0) is 13.5 Å². The fraction of sp³-hybridized carbons (Fsp3) is 0.438. The normalized spacial score (nSPS) is 18.2. The van der Waals surface area contributed by atoms with Crippen LogP contribution in [0.15, 0.2) is 24.4 Å². The van der Waals surface area contributed by atoms with Gasteiger partial charge in [-0.2, -0.15) is 5.10 Å². The minimum absolute atomic E-state index is 0.164. The number of rotatable bonds is 4. The van der Waals surface area contributed by atoms with Crippen molar-refractivity contribution in [3.05, 3.63) is 41.2 Å². The van der Waals surface area contributed by atoms with E-state index in [1.807, 2.05) is 39.2 Å². The van der Waals surface area contributed by atoms with Crippen molar-refractivity contribution in [1.82, 2.24) is 9.78 Å². The molecule has 3 rings (SSSR count). The molecule has 1 aliphatic rings. The van der Waals surface area contributed by atoms with Gasteiger partial charge in [-0.15, -0.1) is 0 Å². The molecule has 1 N–H and O–H groups in total. The lowest BCUT2D eigenvalue weighted by Crippen LogP contribution is -2.06. The Morgan fingerprint density at radius 2 is 2.33 bits per heavy atom. The number of benzene rings is 1. The maximum atomic E-state index is 10.6. The van der Waals surface area contributed by atoms with Crippen LogP contribution in [-0.4, -0.2) is 27.6 Å². The fourth-order valence-electron chi connectivity index (χ4n) is 2.69. The predicted molar refractivity (Wildman–Crippen MR) is 78.7 cm³/mol. The third-order valence-corrected chi connectivity index (χ3v) is 3.64. The predicted octanol–water partition coefficient (Wildman–Crippen LogP) is 2.22. The quantitative estimate of drug-likeness (QED) is 0.937. The first-order chi connectivity index (χ1) is 10.1. The van der Waals surface area contributed by atoms with Crippen molar-refractivity contribution < 1.29 is 14.6 Å². The number of hydrogen-bond donors (Lipinski definition) is 1. The Balaban J connectivity index is 2.02. The molecule has 5 nitrogen and oxygen atoms in total. The van der Waals surface area contributed by atoms with Gasteiger partial charge in [-0.3, -0.25) is 4.68 Å². The van der Waals surface area contributed by atoms with Gasteiger partial charge in [0.1, 0.15) is 23.7 Å². The van der Waals surface area contributed by atoms with E-state index in [4.69, 9.17) is 9.47 Å². The van der Waals surface area contributed by atoms with Gasteiger partial charge in [0.2, 0.25) is 0 Å². The number of aromatic nitrogens is 2. The van der Waals surface area contributed by atoms with Gasteiger partial charge < -0.3 is 14.6 Å². The molecule has 2 aromatic rings. The number of ether oxygens (including phenoxy) is 2. The highest BCUT2D eigenvalue weighted by Gasteiger charge is 2.25. The zero-order valence-corrected chi connectivity index (χ0v) is 12.5. The molecule has 0 radical (unpaired) electrons. The Kier molecular flexibility index (Phi) is 3.59. The van der Waals surface area contributed by atoms with E-state index in [1.165, 1.54) is 0 Å².